The van der Waals surface area contributed by atoms with Crippen molar-refractivity contribution in [3.63, 3.8) is 0 Å². The molecule has 18 heavy (non-hydrogen) atoms. The minimum atomic E-state index is -3.84. The van der Waals surface area contributed by atoms with E-state index in [9.17, 15) is 12.8 Å². The third-order valence-electron chi connectivity index (χ3n) is 2.57. The molecule has 0 radical (unpaired) electrons. The topological polar surface area (TPSA) is 60.2 Å². The van der Waals surface area contributed by atoms with Gasteiger partial charge in [0.05, 0.1) is 4.90 Å². The molecule has 0 aliphatic carbocycles. The number of benzene rings is 2. The first-order valence-corrected chi connectivity index (χ1v) is 6.86. The molecule has 0 fully saturated rings. The second-order valence-electron chi connectivity index (χ2n) is 3.96. The fourth-order valence-electron chi connectivity index (χ4n) is 1.78. The molecule has 0 unspecified atom stereocenters. The quantitative estimate of drug-likeness (QED) is 0.923. The summed E-state index contributed by atoms with van der Waals surface area (Å²) in [5.41, 5.74) is 1.26. The molecule has 0 aliphatic rings. The summed E-state index contributed by atoms with van der Waals surface area (Å²) >= 11 is 0. The molecular formula is C13H12FNO2S. The molecule has 5 heteroatoms. The molecule has 0 bridgehead atoms. The number of hydrogen-bond donors (Lipinski definition) is 1. The summed E-state index contributed by atoms with van der Waals surface area (Å²) < 4.78 is 36.0. The van der Waals surface area contributed by atoms with Gasteiger partial charge >= 0.3 is 0 Å². The number of rotatable bonds is 3. The fraction of sp³-hybridized carbons (Fsp3) is 0.0769. The van der Waals surface area contributed by atoms with E-state index < -0.39 is 15.8 Å². The van der Waals surface area contributed by atoms with E-state index in [1.165, 1.54) is 12.1 Å². The molecule has 0 heterocycles. The van der Waals surface area contributed by atoms with Gasteiger partial charge in [0.1, 0.15) is 5.82 Å². The van der Waals surface area contributed by atoms with Crippen LogP contribution >= 0.6 is 0 Å². The molecule has 0 saturated heterocycles. The van der Waals surface area contributed by atoms with Crippen molar-refractivity contribution in [2.24, 2.45) is 5.14 Å². The number of halogens is 1. The van der Waals surface area contributed by atoms with Crippen molar-refractivity contribution in [1.29, 1.82) is 0 Å². The van der Waals surface area contributed by atoms with Crippen LogP contribution in [0.15, 0.2) is 53.4 Å². The van der Waals surface area contributed by atoms with E-state index in [1.54, 1.807) is 0 Å². The van der Waals surface area contributed by atoms with Crippen LogP contribution in [0.2, 0.25) is 0 Å². The van der Waals surface area contributed by atoms with E-state index in [-0.39, 0.29) is 4.90 Å². The Morgan fingerprint density at radius 2 is 1.72 bits per heavy atom. The molecular weight excluding hydrogens is 253 g/mol. The van der Waals surface area contributed by atoms with Crippen LogP contribution in [0.3, 0.4) is 0 Å². The largest absolute Gasteiger partial charge is 0.238 e. The molecule has 2 aromatic carbocycles. The van der Waals surface area contributed by atoms with Crippen LogP contribution in [0.25, 0.3) is 0 Å². The first kappa shape index (κ1) is 12.7. The van der Waals surface area contributed by atoms with Crippen LogP contribution in [0.1, 0.15) is 11.1 Å². The molecule has 0 spiro atoms. The lowest BCUT2D eigenvalue weighted by Gasteiger charge is -2.08. The minimum absolute atomic E-state index is 0.0345. The predicted octanol–water partition coefficient (Wildman–Crippen LogP) is 2.06. The zero-order valence-electron chi connectivity index (χ0n) is 9.51. The van der Waals surface area contributed by atoms with E-state index in [0.29, 0.717) is 12.0 Å². The zero-order valence-corrected chi connectivity index (χ0v) is 10.3. The van der Waals surface area contributed by atoms with Gasteiger partial charge in [-0.05, 0) is 35.7 Å². The number of primary sulfonamides is 1. The average Bonchev–Trinajstić information content (AvgIpc) is 2.28. The maximum absolute atomic E-state index is 13.2. The van der Waals surface area contributed by atoms with Crippen molar-refractivity contribution >= 4 is 10.0 Å². The lowest BCUT2D eigenvalue weighted by atomic mass is 10.1. The van der Waals surface area contributed by atoms with E-state index >= 15 is 0 Å². The average molecular weight is 265 g/mol. The molecule has 3 nitrogen and oxygen atoms in total. The first-order valence-electron chi connectivity index (χ1n) is 5.32. The van der Waals surface area contributed by atoms with Gasteiger partial charge in [-0.25, -0.2) is 17.9 Å². The van der Waals surface area contributed by atoms with Crippen LogP contribution < -0.4 is 5.14 Å². The maximum Gasteiger partial charge on any atom is 0.238 e. The predicted molar refractivity (Wildman–Crippen MR) is 67.0 cm³/mol. The van der Waals surface area contributed by atoms with Crippen LogP contribution in [-0.4, -0.2) is 8.42 Å². The summed E-state index contributed by atoms with van der Waals surface area (Å²) in [5, 5.41) is 5.11. The van der Waals surface area contributed by atoms with Gasteiger partial charge in [0, 0.05) is 0 Å². The Kier molecular flexibility index (Phi) is 3.45. The lowest BCUT2D eigenvalue weighted by molar-refractivity contribution is 0.595. The van der Waals surface area contributed by atoms with Crippen LogP contribution in [-0.2, 0) is 16.4 Å². The lowest BCUT2D eigenvalue weighted by Crippen LogP contribution is -2.15. The Hall–Kier alpha value is -1.72. The highest BCUT2D eigenvalue weighted by Gasteiger charge is 2.14. The standard InChI is InChI=1S/C13H12FNO2S/c14-12-6-7-13(18(15,16)17)11(9-12)8-10-4-2-1-3-5-10/h1-7,9H,8H2,(H2,15,16,17). The Labute approximate surface area is 105 Å². The number of nitrogens with two attached hydrogens (primary N) is 1. The SMILES string of the molecule is NS(=O)(=O)c1ccc(F)cc1Cc1ccccc1. The van der Waals surface area contributed by atoms with Crippen molar-refractivity contribution in [3.05, 3.63) is 65.5 Å². The van der Waals surface area contributed by atoms with E-state index in [2.05, 4.69) is 0 Å². The molecule has 2 N–H and O–H groups in total. The van der Waals surface area contributed by atoms with Gasteiger partial charge in [-0.3, -0.25) is 0 Å². The highest BCUT2D eigenvalue weighted by molar-refractivity contribution is 7.89. The van der Waals surface area contributed by atoms with Crippen molar-refractivity contribution in [2.75, 3.05) is 0 Å². The summed E-state index contributed by atoms with van der Waals surface area (Å²) in [6, 6.07) is 12.7. The monoisotopic (exact) mass is 265 g/mol. The van der Waals surface area contributed by atoms with Gasteiger partial charge in [0.25, 0.3) is 0 Å². The van der Waals surface area contributed by atoms with E-state index in [0.717, 1.165) is 11.6 Å². The zero-order chi connectivity index (χ0) is 13.2. The molecule has 2 aromatic rings. The Bertz CT molecular complexity index is 654. The van der Waals surface area contributed by atoms with Crippen molar-refractivity contribution in [2.45, 2.75) is 11.3 Å². The molecule has 0 amide bonds. The third kappa shape index (κ3) is 2.94. The highest BCUT2D eigenvalue weighted by atomic mass is 32.2. The van der Waals surface area contributed by atoms with Crippen molar-refractivity contribution < 1.29 is 12.8 Å². The summed E-state index contributed by atoms with van der Waals surface area (Å²) in [6.45, 7) is 0. The molecule has 0 aliphatic heterocycles. The van der Waals surface area contributed by atoms with Gasteiger partial charge in [-0.1, -0.05) is 30.3 Å². The molecule has 0 saturated carbocycles. The summed E-state index contributed by atoms with van der Waals surface area (Å²) in [5.74, 6) is -0.478. The van der Waals surface area contributed by atoms with E-state index in [1.807, 2.05) is 30.3 Å². The van der Waals surface area contributed by atoms with E-state index in [4.69, 9.17) is 5.14 Å². The second kappa shape index (κ2) is 4.88. The van der Waals surface area contributed by atoms with Crippen LogP contribution in [0.4, 0.5) is 4.39 Å². The number of sulfonamides is 1. The first-order chi connectivity index (χ1) is 8.47. The smallest absolute Gasteiger partial charge is 0.225 e. The minimum Gasteiger partial charge on any atom is -0.225 e. The van der Waals surface area contributed by atoms with Crippen molar-refractivity contribution in [1.82, 2.24) is 0 Å². The third-order valence-corrected chi connectivity index (χ3v) is 3.58. The van der Waals surface area contributed by atoms with Crippen molar-refractivity contribution in [3.8, 4) is 0 Å². The molecule has 94 valence electrons. The van der Waals surface area contributed by atoms with Gasteiger partial charge in [-0.2, -0.15) is 0 Å². The van der Waals surface area contributed by atoms with Crippen LogP contribution in [0, 0.1) is 5.82 Å². The van der Waals surface area contributed by atoms with Gasteiger partial charge in [0.15, 0.2) is 0 Å². The fourth-order valence-corrected chi connectivity index (χ4v) is 2.53. The van der Waals surface area contributed by atoms with Gasteiger partial charge in [-0.15, -0.1) is 0 Å². The summed E-state index contributed by atoms with van der Waals surface area (Å²) in [4.78, 5) is -0.0345. The Balaban J connectivity index is 2.47. The summed E-state index contributed by atoms with van der Waals surface area (Å²) in [7, 11) is -3.84. The molecule has 0 atom stereocenters. The Morgan fingerprint density at radius 1 is 1.06 bits per heavy atom. The molecule has 2 rings (SSSR count). The number of hydrogen-bond acceptors (Lipinski definition) is 2. The summed E-state index contributed by atoms with van der Waals surface area (Å²) in [6.07, 6.45) is 0.324. The van der Waals surface area contributed by atoms with Crippen LogP contribution in [0.5, 0.6) is 0 Å². The normalized spacial score (nSPS) is 11.4. The van der Waals surface area contributed by atoms with Gasteiger partial charge < -0.3 is 0 Å². The second-order valence-corrected chi connectivity index (χ2v) is 5.49. The van der Waals surface area contributed by atoms with Gasteiger partial charge in [0.2, 0.25) is 10.0 Å². The Morgan fingerprint density at radius 3 is 2.33 bits per heavy atom. The highest BCUT2D eigenvalue weighted by Crippen LogP contribution is 2.19. The molecule has 0 aromatic heterocycles. The maximum atomic E-state index is 13.2.